The molecule has 0 atom stereocenters. The average molecular weight is 386 g/mol. The molecule has 0 spiro atoms. The molecule has 1 aliphatic rings. The van der Waals surface area contributed by atoms with E-state index in [0.29, 0.717) is 37.5 Å². The molecule has 1 amide bonds. The quantitative estimate of drug-likeness (QED) is 0.640. The number of carbonyl (C=O) groups is 1. The van der Waals surface area contributed by atoms with E-state index in [1.54, 1.807) is 0 Å². The van der Waals surface area contributed by atoms with E-state index in [0.717, 1.165) is 19.5 Å². The second-order valence-corrected chi connectivity index (χ2v) is 7.45. The maximum absolute atomic E-state index is 12.6. The van der Waals surface area contributed by atoms with Crippen molar-refractivity contribution in [3.05, 3.63) is 35.4 Å². The molecule has 0 saturated carbocycles. The molecule has 1 heterocycles. The van der Waals surface area contributed by atoms with E-state index < -0.39 is 12.8 Å². The fourth-order valence-electron chi connectivity index (χ4n) is 3.19. The van der Waals surface area contributed by atoms with Crippen LogP contribution in [0.25, 0.3) is 0 Å². The predicted octanol–water partition coefficient (Wildman–Crippen LogP) is 3.61. The number of carbonyl (C=O) groups excluding carboxylic acids is 1. The van der Waals surface area contributed by atoms with Gasteiger partial charge in [0.2, 0.25) is 0 Å². The average Bonchev–Trinajstić information content (AvgIpc) is 2.60. The smallest absolute Gasteiger partial charge is 0.372 e. The molecule has 2 rings (SSSR count). The summed E-state index contributed by atoms with van der Waals surface area (Å²) in [6.07, 6.45) is -2.71. The number of rotatable bonds is 8. The Kier molecular flexibility index (Phi) is 8.10. The SMILES string of the molecule is CC(C)Cc1ccc(C(=O)N2CCN(CCCOCC(F)(F)F)CC2)cc1. The largest absolute Gasteiger partial charge is 0.411 e. The highest BCUT2D eigenvalue weighted by atomic mass is 19.4. The number of halogens is 3. The predicted molar refractivity (Wildman–Crippen MR) is 98.8 cm³/mol. The fraction of sp³-hybridized carbons (Fsp3) is 0.650. The van der Waals surface area contributed by atoms with E-state index in [4.69, 9.17) is 0 Å². The summed E-state index contributed by atoms with van der Waals surface area (Å²) in [5, 5.41) is 0. The van der Waals surface area contributed by atoms with Gasteiger partial charge in [-0.2, -0.15) is 13.2 Å². The molecule has 0 radical (unpaired) electrons. The summed E-state index contributed by atoms with van der Waals surface area (Å²) in [7, 11) is 0. The maximum Gasteiger partial charge on any atom is 0.411 e. The topological polar surface area (TPSA) is 32.8 Å². The van der Waals surface area contributed by atoms with Gasteiger partial charge >= 0.3 is 6.18 Å². The van der Waals surface area contributed by atoms with Crippen molar-refractivity contribution >= 4 is 5.91 Å². The summed E-state index contributed by atoms with van der Waals surface area (Å²) in [5.41, 5.74) is 1.94. The van der Waals surface area contributed by atoms with Crippen LogP contribution in [0.2, 0.25) is 0 Å². The van der Waals surface area contributed by atoms with Gasteiger partial charge < -0.3 is 9.64 Å². The molecule has 27 heavy (non-hydrogen) atoms. The zero-order valence-corrected chi connectivity index (χ0v) is 16.1. The van der Waals surface area contributed by atoms with Crippen LogP contribution in [0.4, 0.5) is 13.2 Å². The number of nitrogens with zero attached hydrogens (tertiary/aromatic N) is 2. The molecule has 0 unspecified atom stereocenters. The molecule has 1 aromatic rings. The van der Waals surface area contributed by atoms with E-state index in [1.807, 2.05) is 29.2 Å². The minimum absolute atomic E-state index is 0.0410. The van der Waals surface area contributed by atoms with Crippen LogP contribution in [0.1, 0.15) is 36.2 Å². The molecule has 152 valence electrons. The first kappa shape index (κ1) is 21.7. The lowest BCUT2D eigenvalue weighted by Gasteiger charge is -2.34. The monoisotopic (exact) mass is 386 g/mol. The van der Waals surface area contributed by atoms with Gasteiger partial charge in [-0.25, -0.2) is 0 Å². The molecule has 1 aliphatic heterocycles. The van der Waals surface area contributed by atoms with Crippen molar-refractivity contribution in [1.82, 2.24) is 9.80 Å². The lowest BCUT2D eigenvalue weighted by atomic mass is 10.0. The number of hydrogen-bond donors (Lipinski definition) is 0. The molecule has 4 nitrogen and oxygen atoms in total. The number of ether oxygens (including phenoxy) is 1. The van der Waals surface area contributed by atoms with E-state index in [1.165, 1.54) is 5.56 Å². The third kappa shape index (κ3) is 7.89. The minimum Gasteiger partial charge on any atom is -0.372 e. The number of alkyl halides is 3. The highest BCUT2D eigenvalue weighted by Crippen LogP contribution is 2.15. The van der Waals surface area contributed by atoms with Crippen molar-refractivity contribution in [2.75, 3.05) is 45.9 Å². The van der Waals surface area contributed by atoms with Gasteiger partial charge in [0, 0.05) is 44.9 Å². The fourth-order valence-corrected chi connectivity index (χ4v) is 3.19. The van der Waals surface area contributed by atoms with Crippen LogP contribution in [-0.4, -0.2) is 67.8 Å². The standard InChI is InChI=1S/C20H29F3N2O2/c1-16(2)14-17-4-6-18(7-5-17)19(26)25-11-9-24(10-12-25)8-3-13-27-15-20(21,22)23/h4-7,16H,3,8-15H2,1-2H3. The van der Waals surface area contributed by atoms with Crippen molar-refractivity contribution < 1.29 is 22.7 Å². The first-order chi connectivity index (χ1) is 12.7. The summed E-state index contributed by atoms with van der Waals surface area (Å²) in [6, 6.07) is 7.82. The lowest BCUT2D eigenvalue weighted by Crippen LogP contribution is -2.49. The van der Waals surface area contributed by atoms with Crippen LogP contribution in [0.3, 0.4) is 0 Å². The molecule has 1 aromatic carbocycles. The first-order valence-electron chi connectivity index (χ1n) is 9.49. The van der Waals surface area contributed by atoms with Crippen molar-refractivity contribution in [2.45, 2.75) is 32.9 Å². The Hall–Kier alpha value is -1.60. The third-order valence-corrected chi connectivity index (χ3v) is 4.53. The van der Waals surface area contributed by atoms with Crippen molar-refractivity contribution in [1.29, 1.82) is 0 Å². The van der Waals surface area contributed by atoms with Crippen LogP contribution in [0, 0.1) is 5.92 Å². The second kappa shape index (κ2) is 10.1. The lowest BCUT2D eigenvalue weighted by molar-refractivity contribution is -0.174. The van der Waals surface area contributed by atoms with Crippen LogP contribution in [0.5, 0.6) is 0 Å². The number of hydrogen-bond acceptors (Lipinski definition) is 3. The first-order valence-corrected chi connectivity index (χ1v) is 9.49. The molecule has 7 heteroatoms. The normalized spacial score (nSPS) is 16.1. The minimum atomic E-state index is -4.26. The van der Waals surface area contributed by atoms with E-state index in [2.05, 4.69) is 23.5 Å². The van der Waals surface area contributed by atoms with Gasteiger partial charge in [-0.15, -0.1) is 0 Å². The van der Waals surface area contributed by atoms with Gasteiger partial charge in [-0.3, -0.25) is 9.69 Å². The molecule has 1 fully saturated rings. The summed E-state index contributed by atoms with van der Waals surface area (Å²) in [5.74, 6) is 0.623. The molecular formula is C20H29F3N2O2. The van der Waals surface area contributed by atoms with Gasteiger partial charge in [0.05, 0.1) is 0 Å². The highest BCUT2D eigenvalue weighted by molar-refractivity contribution is 5.94. The summed E-state index contributed by atoms with van der Waals surface area (Å²) < 4.78 is 40.6. The Morgan fingerprint density at radius 1 is 1.11 bits per heavy atom. The highest BCUT2D eigenvalue weighted by Gasteiger charge is 2.27. The Morgan fingerprint density at radius 3 is 2.30 bits per heavy atom. The van der Waals surface area contributed by atoms with Gasteiger partial charge in [0.25, 0.3) is 5.91 Å². The zero-order chi connectivity index (χ0) is 19.9. The Balaban J connectivity index is 1.69. The van der Waals surface area contributed by atoms with E-state index in [9.17, 15) is 18.0 Å². The second-order valence-electron chi connectivity index (χ2n) is 7.45. The molecule has 0 aliphatic carbocycles. The molecule has 0 N–H and O–H groups in total. The summed E-state index contributed by atoms with van der Waals surface area (Å²) in [4.78, 5) is 16.6. The van der Waals surface area contributed by atoms with Crippen molar-refractivity contribution in [3.8, 4) is 0 Å². The van der Waals surface area contributed by atoms with Crippen molar-refractivity contribution in [3.63, 3.8) is 0 Å². The Labute approximate surface area is 159 Å². The van der Waals surface area contributed by atoms with E-state index in [-0.39, 0.29) is 12.5 Å². The van der Waals surface area contributed by atoms with Crippen LogP contribution in [-0.2, 0) is 11.2 Å². The molecule has 0 aromatic heterocycles. The number of piperazine rings is 1. The van der Waals surface area contributed by atoms with Crippen LogP contribution >= 0.6 is 0 Å². The zero-order valence-electron chi connectivity index (χ0n) is 16.1. The molecule has 1 saturated heterocycles. The van der Waals surface area contributed by atoms with Gasteiger partial charge in [0.15, 0.2) is 0 Å². The van der Waals surface area contributed by atoms with Crippen LogP contribution in [0.15, 0.2) is 24.3 Å². The Morgan fingerprint density at radius 2 is 1.74 bits per heavy atom. The number of amides is 1. The van der Waals surface area contributed by atoms with Gasteiger partial charge in [-0.05, 0) is 36.5 Å². The van der Waals surface area contributed by atoms with Crippen LogP contribution < -0.4 is 0 Å². The van der Waals surface area contributed by atoms with Crippen molar-refractivity contribution in [2.24, 2.45) is 5.92 Å². The summed E-state index contributed by atoms with van der Waals surface area (Å²) in [6.45, 7) is 6.66. The third-order valence-electron chi connectivity index (χ3n) is 4.53. The van der Waals surface area contributed by atoms with E-state index >= 15 is 0 Å². The molecular weight excluding hydrogens is 357 g/mol. The Bertz CT molecular complexity index is 580. The van der Waals surface area contributed by atoms with Gasteiger partial charge in [0.1, 0.15) is 6.61 Å². The number of benzene rings is 1. The maximum atomic E-state index is 12.6. The molecule has 0 bridgehead atoms. The van der Waals surface area contributed by atoms with Gasteiger partial charge in [-0.1, -0.05) is 26.0 Å². The summed E-state index contributed by atoms with van der Waals surface area (Å²) >= 11 is 0.